The number of thioether (sulfide) groups is 1. The summed E-state index contributed by atoms with van der Waals surface area (Å²) in [5.74, 6) is -0.0638. The van der Waals surface area contributed by atoms with Gasteiger partial charge in [0.1, 0.15) is 5.75 Å². The highest BCUT2D eigenvalue weighted by atomic mass is 32.2. The van der Waals surface area contributed by atoms with Crippen LogP contribution in [-0.2, 0) is 4.79 Å². The van der Waals surface area contributed by atoms with Crippen LogP contribution >= 0.6 is 11.8 Å². The summed E-state index contributed by atoms with van der Waals surface area (Å²) in [5.41, 5.74) is 1.09. The lowest BCUT2D eigenvalue weighted by atomic mass is 10.1. The molecule has 0 fully saturated rings. The number of carbonyl (C=O) groups excluding carboxylic acids is 3. The van der Waals surface area contributed by atoms with Crippen LogP contribution in [0.3, 0.4) is 0 Å². The van der Waals surface area contributed by atoms with E-state index in [-0.39, 0.29) is 17.2 Å². The van der Waals surface area contributed by atoms with Crippen LogP contribution in [0.25, 0.3) is 0 Å². The fourth-order valence-corrected chi connectivity index (χ4v) is 2.96. The van der Waals surface area contributed by atoms with Gasteiger partial charge in [-0.3, -0.25) is 19.7 Å². The topological polar surface area (TPSA) is 84.5 Å². The van der Waals surface area contributed by atoms with Crippen molar-refractivity contribution >= 4 is 35.2 Å². The van der Waals surface area contributed by atoms with Crippen molar-refractivity contribution in [3.05, 3.63) is 53.6 Å². The number of imide groups is 1. The molecule has 0 aromatic heterocycles. The highest BCUT2D eigenvalue weighted by Crippen LogP contribution is 2.23. The molecule has 1 aliphatic heterocycles. The molecule has 0 atom stereocenters. The van der Waals surface area contributed by atoms with Crippen molar-refractivity contribution in [1.82, 2.24) is 5.32 Å². The molecule has 3 amide bonds. The molecule has 0 unspecified atom stereocenters. The minimum atomic E-state index is -0.446. The molecule has 2 aromatic rings. The zero-order valence-corrected chi connectivity index (χ0v) is 13.6. The van der Waals surface area contributed by atoms with Crippen LogP contribution < -0.4 is 15.4 Å². The highest BCUT2D eigenvalue weighted by Gasteiger charge is 2.26. The van der Waals surface area contributed by atoms with Crippen LogP contribution in [0.5, 0.6) is 5.75 Å². The molecular weight excluding hydrogens is 328 g/mol. The molecule has 0 aliphatic carbocycles. The zero-order chi connectivity index (χ0) is 17.1. The Balaban J connectivity index is 1.60. The lowest BCUT2D eigenvalue weighted by Crippen LogP contribution is -2.19. The maximum absolute atomic E-state index is 12.0. The zero-order valence-electron chi connectivity index (χ0n) is 12.8. The van der Waals surface area contributed by atoms with Gasteiger partial charge >= 0.3 is 0 Å². The fourth-order valence-electron chi connectivity index (χ4n) is 2.26. The molecule has 0 spiro atoms. The Morgan fingerprint density at radius 3 is 2.50 bits per heavy atom. The van der Waals surface area contributed by atoms with Gasteiger partial charge in [-0.15, -0.1) is 11.8 Å². The molecule has 24 heavy (non-hydrogen) atoms. The number of methoxy groups -OCH3 is 1. The number of hydrogen-bond acceptors (Lipinski definition) is 5. The quantitative estimate of drug-likeness (QED) is 0.643. The van der Waals surface area contributed by atoms with Gasteiger partial charge in [0.05, 0.1) is 24.0 Å². The lowest BCUT2D eigenvalue weighted by Gasteiger charge is -2.07. The van der Waals surface area contributed by atoms with Crippen molar-refractivity contribution in [3.63, 3.8) is 0 Å². The SMILES string of the molecule is COc1ccc(SCC(=O)Nc2ccc3c(c2)C(=O)NC3=O)cc1. The van der Waals surface area contributed by atoms with Crippen LogP contribution in [-0.4, -0.2) is 30.6 Å². The Labute approximate surface area is 142 Å². The maximum atomic E-state index is 12.0. The molecule has 2 N–H and O–H groups in total. The van der Waals surface area contributed by atoms with Gasteiger partial charge in [0.15, 0.2) is 0 Å². The first kappa shape index (κ1) is 16.1. The van der Waals surface area contributed by atoms with Crippen LogP contribution in [0.15, 0.2) is 47.4 Å². The van der Waals surface area contributed by atoms with E-state index in [0.29, 0.717) is 11.3 Å². The second-order valence-corrected chi connectivity index (χ2v) is 6.10. The summed E-state index contributed by atoms with van der Waals surface area (Å²) >= 11 is 1.39. The van der Waals surface area contributed by atoms with E-state index in [0.717, 1.165) is 10.6 Å². The first-order valence-corrected chi connectivity index (χ1v) is 8.12. The Hall–Kier alpha value is -2.80. The van der Waals surface area contributed by atoms with Gasteiger partial charge in [-0.2, -0.15) is 0 Å². The molecule has 7 heteroatoms. The van der Waals surface area contributed by atoms with Crippen LogP contribution in [0.2, 0.25) is 0 Å². The second kappa shape index (κ2) is 6.76. The van der Waals surface area contributed by atoms with Crippen molar-refractivity contribution in [2.45, 2.75) is 4.90 Å². The predicted octanol–water partition coefficient (Wildman–Crippen LogP) is 2.31. The number of rotatable bonds is 5. The minimum Gasteiger partial charge on any atom is -0.497 e. The summed E-state index contributed by atoms with van der Waals surface area (Å²) in [5, 5.41) is 4.94. The number of hydrogen-bond donors (Lipinski definition) is 2. The van der Waals surface area contributed by atoms with Crippen LogP contribution in [0, 0.1) is 0 Å². The Morgan fingerprint density at radius 2 is 1.79 bits per heavy atom. The molecule has 3 rings (SSSR count). The van der Waals surface area contributed by atoms with Crippen molar-refractivity contribution in [3.8, 4) is 5.75 Å². The number of carbonyl (C=O) groups is 3. The molecule has 6 nitrogen and oxygen atoms in total. The number of nitrogens with one attached hydrogen (secondary N) is 2. The van der Waals surface area contributed by atoms with E-state index in [1.807, 2.05) is 24.3 Å². The first-order valence-electron chi connectivity index (χ1n) is 7.13. The van der Waals surface area contributed by atoms with Gasteiger partial charge in [0, 0.05) is 10.6 Å². The third-order valence-corrected chi connectivity index (χ3v) is 4.46. The number of ether oxygens (including phenoxy) is 1. The van der Waals surface area contributed by atoms with E-state index < -0.39 is 11.8 Å². The molecule has 122 valence electrons. The van der Waals surface area contributed by atoms with E-state index in [4.69, 9.17) is 4.74 Å². The molecule has 0 saturated carbocycles. The summed E-state index contributed by atoms with van der Waals surface area (Å²) in [7, 11) is 1.60. The van der Waals surface area contributed by atoms with E-state index in [2.05, 4.69) is 10.6 Å². The summed E-state index contributed by atoms with van der Waals surface area (Å²) in [6, 6.07) is 12.1. The fraction of sp³-hybridized carbons (Fsp3) is 0.118. The van der Waals surface area contributed by atoms with E-state index in [9.17, 15) is 14.4 Å². The molecule has 1 aliphatic rings. The van der Waals surface area contributed by atoms with Gasteiger partial charge in [0.25, 0.3) is 11.8 Å². The summed E-state index contributed by atoms with van der Waals surface area (Å²) in [6.07, 6.45) is 0. The highest BCUT2D eigenvalue weighted by molar-refractivity contribution is 8.00. The predicted molar refractivity (Wildman–Crippen MR) is 90.6 cm³/mol. The van der Waals surface area contributed by atoms with Gasteiger partial charge < -0.3 is 10.1 Å². The Morgan fingerprint density at radius 1 is 1.08 bits per heavy atom. The number of anilines is 1. The third-order valence-electron chi connectivity index (χ3n) is 3.45. The monoisotopic (exact) mass is 342 g/mol. The van der Waals surface area contributed by atoms with E-state index >= 15 is 0 Å². The van der Waals surface area contributed by atoms with Crippen molar-refractivity contribution < 1.29 is 19.1 Å². The summed E-state index contributed by atoms with van der Waals surface area (Å²) in [4.78, 5) is 36.1. The average Bonchev–Trinajstić information content (AvgIpc) is 2.87. The summed E-state index contributed by atoms with van der Waals surface area (Å²) in [6.45, 7) is 0. The van der Waals surface area contributed by atoms with Gasteiger partial charge in [-0.05, 0) is 42.5 Å². The lowest BCUT2D eigenvalue weighted by molar-refractivity contribution is -0.113. The number of fused-ring (bicyclic) bond motifs is 1. The second-order valence-electron chi connectivity index (χ2n) is 5.06. The van der Waals surface area contributed by atoms with Crippen molar-refractivity contribution in [2.75, 3.05) is 18.2 Å². The number of amides is 3. The molecule has 0 bridgehead atoms. The third kappa shape index (κ3) is 3.41. The summed E-state index contributed by atoms with van der Waals surface area (Å²) < 4.78 is 5.08. The molecule has 0 saturated heterocycles. The minimum absolute atomic E-state index is 0.194. The largest absolute Gasteiger partial charge is 0.497 e. The molecule has 1 heterocycles. The normalized spacial score (nSPS) is 12.5. The first-order chi connectivity index (χ1) is 11.6. The van der Waals surface area contributed by atoms with Crippen molar-refractivity contribution in [2.24, 2.45) is 0 Å². The van der Waals surface area contributed by atoms with E-state index in [1.54, 1.807) is 13.2 Å². The maximum Gasteiger partial charge on any atom is 0.259 e. The molecular formula is C17H14N2O4S. The molecule has 2 aromatic carbocycles. The Kier molecular flexibility index (Phi) is 4.52. The van der Waals surface area contributed by atoms with Crippen molar-refractivity contribution in [1.29, 1.82) is 0 Å². The van der Waals surface area contributed by atoms with E-state index in [1.165, 1.54) is 23.9 Å². The number of benzene rings is 2. The van der Waals surface area contributed by atoms with Gasteiger partial charge in [-0.1, -0.05) is 0 Å². The smallest absolute Gasteiger partial charge is 0.259 e. The standard InChI is InChI=1S/C17H14N2O4S/c1-23-11-3-5-12(6-4-11)24-9-15(20)18-10-2-7-13-14(8-10)17(22)19-16(13)21/h2-8H,9H2,1H3,(H,18,20)(H,19,21,22). The van der Waals surface area contributed by atoms with Gasteiger partial charge in [-0.25, -0.2) is 0 Å². The Bertz CT molecular complexity index is 818. The molecule has 0 radical (unpaired) electrons. The van der Waals surface area contributed by atoms with Crippen LogP contribution in [0.1, 0.15) is 20.7 Å². The van der Waals surface area contributed by atoms with Crippen LogP contribution in [0.4, 0.5) is 5.69 Å². The van der Waals surface area contributed by atoms with Gasteiger partial charge in [0.2, 0.25) is 5.91 Å². The average molecular weight is 342 g/mol.